The van der Waals surface area contributed by atoms with E-state index in [0.29, 0.717) is 11.5 Å². The van der Waals surface area contributed by atoms with Crippen molar-refractivity contribution in [3.63, 3.8) is 0 Å². The quantitative estimate of drug-likeness (QED) is 0.595. The molecule has 2 rings (SSSR count). The molecule has 22 heavy (non-hydrogen) atoms. The number of rotatable bonds is 0. The molecule has 0 aliphatic carbocycles. The zero-order valence-electron chi connectivity index (χ0n) is 12.7. The highest BCUT2D eigenvalue weighted by molar-refractivity contribution is 5.69. The lowest BCUT2D eigenvalue weighted by atomic mass is 10.2. The van der Waals surface area contributed by atoms with Gasteiger partial charge in [-0.1, -0.05) is 35.9 Å². The molecule has 6 heteroatoms. The number of phenolic OH excluding ortho intramolecular Hbond substituents is 2. The standard InChI is InChI=1S/2C7H8O.CH4N2O.CH2O/c1-6-2-4-7(8)5-3-6;1-6-4-2-3-5-7(6)8;2-1(3)4;1-2/h2*2-5,8H,1H3;(H4,2,3,4);1H2. The van der Waals surface area contributed by atoms with E-state index in [1.165, 1.54) is 5.56 Å². The molecule has 0 aliphatic rings. The summed E-state index contributed by atoms with van der Waals surface area (Å²) in [4.78, 5) is 17.0. The maximum atomic E-state index is 9.00. The zero-order valence-corrected chi connectivity index (χ0v) is 12.7. The first-order chi connectivity index (χ1) is 10.3. The first kappa shape index (κ1) is 21.3. The van der Waals surface area contributed by atoms with Crippen molar-refractivity contribution in [3.05, 3.63) is 59.7 Å². The number of hydrogen-bond acceptors (Lipinski definition) is 4. The summed E-state index contributed by atoms with van der Waals surface area (Å²) in [6.45, 7) is 5.86. The van der Waals surface area contributed by atoms with Gasteiger partial charge in [0.2, 0.25) is 0 Å². The van der Waals surface area contributed by atoms with Gasteiger partial charge in [-0.05, 0) is 37.6 Å². The van der Waals surface area contributed by atoms with Crippen molar-refractivity contribution in [2.24, 2.45) is 11.5 Å². The number of hydrogen-bond donors (Lipinski definition) is 4. The van der Waals surface area contributed by atoms with Crippen LogP contribution in [0, 0.1) is 13.8 Å². The van der Waals surface area contributed by atoms with Crippen LogP contribution >= 0.6 is 0 Å². The molecule has 0 aliphatic heterocycles. The molecule has 0 fully saturated rings. The first-order valence-corrected chi connectivity index (χ1v) is 6.17. The molecule has 2 aromatic carbocycles. The Hall–Kier alpha value is -3.02. The first-order valence-electron chi connectivity index (χ1n) is 6.17. The number of amides is 2. The molecule has 0 saturated heterocycles. The lowest BCUT2D eigenvalue weighted by Crippen LogP contribution is -2.18. The van der Waals surface area contributed by atoms with Gasteiger partial charge in [-0.3, -0.25) is 0 Å². The summed E-state index contributed by atoms with van der Waals surface area (Å²) in [5.41, 5.74) is 10.6. The highest BCUT2D eigenvalue weighted by Gasteiger charge is 1.87. The number of aryl methyl sites for hydroxylation is 2. The van der Waals surface area contributed by atoms with Gasteiger partial charge in [-0.25, -0.2) is 4.79 Å². The molecular weight excluding hydrogens is 284 g/mol. The van der Waals surface area contributed by atoms with Crippen LogP contribution in [0.25, 0.3) is 0 Å². The molecule has 0 bridgehead atoms. The second-order valence-electron chi connectivity index (χ2n) is 4.02. The maximum Gasteiger partial charge on any atom is 0.309 e. The normalized spacial score (nSPS) is 7.91. The highest BCUT2D eigenvalue weighted by atomic mass is 16.3. The Morgan fingerprint density at radius 2 is 1.32 bits per heavy atom. The largest absolute Gasteiger partial charge is 0.508 e. The van der Waals surface area contributed by atoms with Gasteiger partial charge in [-0.15, -0.1) is 0 Å². The average Bonchev–Trinajstić information content (AvgIpc) is 2.48. The van der Waals surface area contributed by atoms with Crippen molar-refractivity contribution in [2.75, 3.05) is 0 Å². The number of primary amides is 2. The fraction of sp³-hybridized carbons (Fsp3) is 0.125. The molecule has 0 radical (unpaired) electrons. The van der Waals surface area contributed by atoms with E-state index in [1.807, 2.05) is 51.0 Å². The van der Waals surface area contributed by atoms with Crippen molar-refractivity contribution >= 4 is 12.8 Å². The number of carbonyl (C=O) groups is 2. The fourth-order valence-electron chi connectivity index (χ4n) is 1.11. The summed E-state index contributed by atoms with van der Waals surface area (Å²) in [6.07, 6.45) is 0. The molecule has 0 spiro atoms. The van der Waals surface area contributed by atoms with E-state index in [1.54, 1.807) is 18.2 Å². The second-order valence-corrected chi connectivity index (χ2v) is 4.02. The summed E-state index contributed by atoms with van der Waals surface area (Å²) in [5.74, 6) is 0.697. The predicted octanol–water partition coefficient (Wildman–Crippen LogP) is 2.24. The van der Waals surface area contributed by atoms with Gasteiger partial charge in [0, 0.05) is 0 Å². The molecule has 0 unspecified atom stereocenters. The number of benzene rings is 2. The number of aromatic hydroxyl groups is 2. The van der Waals surface area contributed by atoms with Crippen molar-refractivity contribution in [1.29, 1.82) is 0 Å². The van der Waals surface area contributed by atoms with Crippen molar-refractivity contribution < 1.29 is 19.8 Å². The van der Waals surface area contributed by atoms with Crippen LogP contribution in [0.1, 0.15) is 11.1 Å². The molecule has 120 valence electrons. The Balaban J connectivity index is 0. The van der Waals surface area contributed by atoms with Gasteiger partial charge >= 0.3 is 6.03 Å². The molecule has 0 atom stereocenters. The van der Waals surface area contributed by atoms with Gasteiger partial charge in [0.05, 0.1) is 0 Å². The van der Waals surface area contributed by atoms with Crippen LogP contribution in [0.15, 0.2) is 48.5 Å². The van der Waals surface area contributed by atoms with E-state index in [4.69, 9.17) is 19.8 Å². The Bertz CT molecular complexity index is 496. The number of phenols is 2. The Morgan fingerprint density at radius 3 is 1.59 bits per heavy atom. The number of urea groups is 1. The molecule has 6 N–H and O–H groups in total. The number of para-hydroxylation sites is 1. The SMILES string of the molecule is C=O.Cc1ccc(O)cc1.Cc1ccccc1O.NC(N)=O. The topological polar surface area (TPSA) is 127 Å². The Kier molecular flexibility index (Phi) is 12.6. The molecule has 0 saturated carbocycles. The third-order valence-electron chi connectivity index (χ3n) is 2.15. The molecule has 2 amide bonds. The third kappa shape index (κ3) is 13.4. The van der Waals surface area contributed by atoms with E-state index >= 15 is 0 Å². The maximum absolute atomic E-state index is 9.00. The van der Waals surface area contributed by atoms with Crippen molar-refractivity contribution in [1.82, 2.24) is 0 Å². The van der Waals surface area contributed by atoms with Crippen molar-refractivity contribution in [2.45, 2.75) is 13.8 Å². The van der Waals surface area contributed by atoms with Gasteiger partial charge in [-0.2, -0.15) is 0 Å². The van der Waals surface area contributed by atoms with E-state index < -0.39 is 6.03 Å². The van der Waals surface area contributed by atoms with E-state index in [0.717, 1.165) is 5.56 Å². The summed E-state index contributed by atoms with van der Waals surface area (Å²) < 4.78 is 0. The molecular formula is C16H22N2O4. The van der Waals surface area contributed by atoms with Crippen LogP contribution < -0.4 is 11.5 Å². The van der Waals surface area contributed by atoms with Crippen LogP contribution in [0.4, 0.5) is 4.79 Å². The summed E-state index contributed by atoms with van der Waals surface area (Å²) >= 11 is 0. The molecule has 6 nitrogen and oxygen atoms in total. The summed E-state index contributed by atoms with van der Waals surface area (Å²) in [7, 11) is 0. The monoisotopic (exact) mass is 306 g/mol. The van der Waals surface area contributed by atoms with Crippen LogP contribution in [0.3, 0.4) is 0 Å². The highest BCUT2D eigenvalue weighted by Crippen LogP contribution is 2.12. The summed E-state index contributed by atoms with van der Waals surface area (Å²) in [6, 6.07) is 13.5. The Morgan fingerprint density at radius 1 is 0.909 bits per heavy atom. The average molecular weight is 306 g/mol. The minimum absolute atomic E-state index is 0.329. The van der Waals surface area contributed by atoms with E-state index in [-0.39, 0.29) is 0 Å². The van der Waals surface area contributed by atoms with Crippen LogP contribution in [-0.4, -0.2) is 23.0 Å². The van der Waals surface area contributed by atoms with Crippen molar-refractivity contribution in [3.8, 4) is 11.5 Å². The van der Waals surface area contributed by atoms with Crippen LogP contribution in [-0.2, 0) is 4.79 Å². The minimum atomic E-state index is -0.833. The lowest BCUT2D eigenvalue weighted by molar-refractivity contribution is -0.0980. The molecule has 2 aromatic rings. The lowest BCUT2D eigenvalue weighted by Gasteiger charge is -1.92. The van der Waals surface area contributed by atoms with Crippen LogP contribution in [0.5, 0.6) is 11.5 Å². The molecule has 0 aromatic heterocycles. The van der Waals surface area contributed by atoms with Crippen LogP contribution in [0.2, 0.25) is 0 Å². The number of carbonyl (C=O) groups excluding carboxylic acids is 2. The fourth-order valence-corrected chi connectivity index (χ4v) is 1.11. The van der Waals surface area contributed by atoms with Gasteiger partial charge in [0.15, 0.2) is 0 Å². The van der Waals surface area contributed by atoms with Gasteiger partial charge in [0.1, 0.15) is 18.3 Å². The van der Waals surface area contributed by atoms with Gasteiger partial charge in [0.25, 0.3) is 0 Å². The molecule has 0 heterocycles. The second kappa shape index (κ2) is 13.0. The van der Waals surface area contributed by atoms with E-state index in [9.17, 15) is 0 Å². The van der Waals surface area contributed by atoms with E-state index in [2.05, 4.69) is 11.5 Å². The third-order valence-corrected chi connectivity index (χ3v) is 2.15. The zero-order chi connectivity index (χ0) is 17.5. The Labute approximate surface area is 130 Å². The minimum Gasteiger partial charge on any atom is -0.508 e. The predicted molar refractivity (Wildman–Crippen MR) is 86.6 cm³/mol. The number of nitrogens with two attached hydrogens (primary N) is 2. The summed E-state index contributed by atoms with van der Waals surface area (Å²) in [5, 5.41) is 17.7. The smallest absolute Gasteiger partial charge is 0.309 e. The van der Waals surface area contributed by atoms with Gasteiger partial charge < -0.3 is 26.5 Å².